The van der Waals surface area contributed by atoms with E-state index < -0.39 is 0 Å². The number of hydrogen-bond acceptors (Lipinski definition) is 4. The van der Waals surface area contributed by atoms with Crippen molar-refractivity contribution in [2.45, 2.75) is 0 Å². The van der Waals surface area contributed by atoms with Gasteiger partial charge in [0.15, 0.2) is 16.9 Å². The van der Waals surface area contributed by atoms with Crippen LogP contribution >= 0.6 is 0 Å². The Morgan fingerprint density at radius 1 is 0.857 bits per heavy atom. The minimum absolute atomic E-state index is 0.0539. The van der Waals surface area contributed by atoms with Crippen molar-refractivity contribution in [2.75, 3.05) is 13.2 Å². The molecule has 2 aromatic carbocycles. The molecule has 0 radical (unpaired) electrons. The van der Waals surface area contributed by atoms with Gasteiger partial charge in [-0.05, 0) is 30.3 Å². The van der Waals surface area contributed by atoms with Gasteiger partial charge in [0.05, 0.1) is 5.39 Å². The normalized spacial score (nSPS) is 13.3. The topological polar surface area (TPSA) is 48.7 Å². The minimum atomic E-state index is -0.0539. The lowest BCUT2D eigenvalue weighted by Gasteiger charge is -2.18. The van der Waals surface area contributed by atoms with Crippen molar-refractivity contribution in [1.82, 2.24) is 0 Å². The van der Waals surface area contributed by atoms with Gasteiger partial charge in [-0.25, -0.2) is 0 Å². The van der Waals surface area contributed by atoms with Crippen LogP contribution in [0.2, 0.25) is 0 Å². The largest absolute Gasteiger partial charge is 0.486 e. The lowest BCUT2D eigenvalue weighted by molar-refractivity contribution is 0.171. The first-order chi connectivity index (χ1) is 10.3. The van der Waals surface area contributed by atoms with Crippen molar-refractivity contribution in [3.63, 3.8) is 0 Å². The molecule has 4 nitrogen and oxygen atoms in total. The molecule has 0 unspecified atom stereocenters. The van der Waals surface area contributed by atoms with Gasteiger partial charge in [0.2, 0.25) is 0 Å². The first-order valence-corrected chi connectivity index (χ1v) is 6.74. The molecule has 0 fully saturated rings. The Morgan fingerprint density at radius 3 is 2.57 bits per heavy atom. The molecule has 0 N–H and O–H groups in total. The summed E-state index contributed by atoms with van der Waals surface area (Å²) in [5.41, 5.74) is 1.32. The summed E-state index contributed by atoms with van der Waals surface area (Å²) in [6, 6.07) is 14.3. The van der Waals surface area contributed by atoms with Crippen molar-refractivity contribution in [3.05, 3.63) is 58.8 Å². The fourth-order valence-electron chi connectivity index (χ4n) is 2.44. The Morgan fingerprint density at radius 2 is 1.67 bits per heavy atom. The highest BCUT2D eigenvalue weighted by Gasteiger charge is 2.14. The Balaban J connectivity index is 1.88. The molecule has 2 heterocycles. The highest BCUT2D eigenvalue weighted by molar-refractivity contribution is 5.78. The second kappa shape index (κ2) is 4.66. The van der Waals surface area contributed by atoms with Crippen LogP contribution in [0.4, 0.5) is 0 Å². The minimum Gasteiger partial charge on any atom is -0.486 e. The predicted molar refractivity (Wildman–Crippen MR) is 78.9 cm³/mol. The van der Waals surface area contributed by atoms with Crippen LogP contribution in [-0.2, 0) is 0 Å². The third-order valence-corrected chi connectivity index (χ3v) is 3.46. The molecule has 0 amide bonds. The van der Waals surface area contributed by atoms with Gasteiger partial charge < -0.3 is 13.9 Å². The second-order valence-corrected chi connectivity index (χ2v) is 4.83. The molecular weight excluding hydrogens is 268 g/mol. The lowest BCUT2D eigenvalue weighted by atomic mass is 10.1. The van der Waals surface area contributed by atoms with Crippen LogP contribution in [-0.4, -0.2) is 13.2 Å². The van der Waals surface area contributed by atoms with E-state index in [1.165, 1.54) is 6.07 Å². The third kappa shape index (κ3) is 2.05. The van der Waals surface area contributed by atoms with Crippen LogP contribution < -0.4 is 14.9 Å². The van der Waals surface area contributed by atoms with Gasteiger partial charge in [-0.2, -0.15) is 0 Å². The lowest BCUT2D eigenvalue weighted by Crippen LogP contribution is -2.15. The van der Waals surface area contributed by atoms with Gasteiger partial charge in [-0.15, -0.1) is 0 Å². The summed E-state index contributed by atoms with van der Waals surface area (Å²) in [5, 5.41) is 0.582. The average molecular weight is 280 g/mol. The first kappa shape index (κ1) is 12.0. The van der Waals surface area contributed by atoms with Gasteiger partial charge >= 0.3 is 0 Å². The summed E-state index contributed by atoms with van der Waals surface area (Å²) in [4.78, 5) is 12.1. The third-order valence-electron chi connectivity index (χ3n) is 3.46. The van der Waals surface area contributed by atoms with Crippen molar-refractivity contribution in [3.8, 4) is 22.8 Å². The molecule has 0 saturated carbocycles. The van der Waals surface area contributed by atoms with Gasteiger partial charge in [0, 0.05) is 11.6 Å². The SMILES string of the molecule is O=c1cc(-c2ccc3c(c2)OCCO3)oc2ccccc12. The monoisotopic (exact) mass is 280 g/mol. The van der Waals surface area contributed by atoms with Crippen molar-refractivity contribution < 1.29 is 13.9 Å². The smallest absolute Gasteiger partial charge is 0.193 e. The predicted octanol–water partition coefficient (Wildman–Crippen LogP) is 3.23. The zero-order valence-corrected chi connectivity index (χ0v) is 11.2. The maximum atomic E-state index is 12.1. The summed E-state index contributed by atoms with van der Waals surface area (Å²) in [6.07, 6.45) is 0. The fraction of sp³-hybridized carbons (Fsp3) is 0.118. The highest BCUT2D eigenvalue weighted by atomic mass is 16.6. The number of benzene rings is 2. The molecule has 1 aliphatic rings. The molecule has 4 heteroatoms. The van der Waals surface area contributed by atoms with Gasteiger partial charge in [0.1, 0.15) is 24.6 Å². The first-order valence-electron chi connectivity index (χ1n) is 6.74. The highest BCUT2D eigenvalue weighted by Crippen LogP contribution is 2.34. The quantitative estimate of drug-likeness (QED) is 0.686. The number of hydrogen-bond donors (Lipinski definition) is 0. The maximum Gasteiger partial charge on any atom is 0.193 e. The van der Waals surface area contributed by atoms with Gasteiger partial charge in [-0.3, -0.25) is 4.79 Å². The molecule has 1 aromatic heterocycles. The van der Waals surface area contributed by atoms with Crippen LogP contribution in [0.15, 0.2) is 57.7 Å². The van der Waals surface area contributed by atoms with Crippen LogP contribution in [0.5, 0.6) is 11.5 Å². The van der Waals surface area contributed by atoms with E-state index in [4.69, 9.17) is 13.9 Å². The van der Waals surface area contributed by atoms with Crippen LogP contribution in [0.1, 0.15) is 0 Å². The van der Waals surface area contributed by atoms with E-state index in [9.17, 15) is 4.79 Å². The maximum absolute atomic E-state index is 12.1. The number of fused-ring (bicyclic) bond motifs is 2. The van der Waals surface area contributed by atoms with Crippen LogP contribution in [0.3, 0.4) is 0 Å². The zero-order chi connectivity index (χ0) is 14.2. The molecular formula is C17H12O4. The number of ether oxygens (including phenoxy) is 2. The molecule has 0 atom stereocenters. The van der Waals surface area contributed by atoms with E-state index in [-0.39, 0.29) is 5.43 Å². The zero-order valence-electron chi connectivity index (χ0n) is 11.2. The molecule has 1 aliphatic heterocycles. The van der Waals surface area contributed by atoms with Crippen molar-refractivity contribution >= 4 is 11.0 Å². The van der Waals surface area contributed by atoms with Gasteiger partial charge in [-0.1, -0.05) is 12.1 Å². The van der Waals surface area contributed by atoms with Crippen molar-refractivity contribution in [1.29, 1.82) is 0 Å². The second-order valence-electron chi connectivity index (χ2n) is 4.83. The number of para-hydroxylation sites is 1. The standard InChI is InChI=1S/C17H12O4/c18-13-10-16(21-14-4-2-1-3-12(13)14)11-5-6-15-17(9-11)20-8-7-19-15/h1-6,9-10H,7-8H2. The Kier molecular flexibility index (Phi) is 2.67. The van der Waals surface area contributed by atoms with E-state index in [2.05, 4.69) is 0 Å². The van der Waals surface area contributed by atoms with Crippen LogP contribution in [0.25, 0.3) is 22.3 Å². The Bertz CT molecular complexity index is 879. The Hall–Kier alpha value is -2.75. The molecule has 0 aliphatic carbocycles. The average Bonchev–Trinajstić information content (AvgIpc) is 2.54. The summed E-state index contributed by atoms with van der Waals surface area (Å²) in [5.74, 6) is 1.92. The molecule has 21 heavy (non-hydrogen) atoms. The van der Waals surface area contributed by atoms with E-state index in [1.807, 2.05) is 30.3 Å². The summed E-state index contributed by atoms with van der Waals surface area (Å²) in [7, 11) is 0. The van der Waals surface area contributed by atoms with E-state index >= 15 is 0 Å². The van der Waals surface area contributed by atoms with Crippen molar-refractivity contribution in [2.24, 2.45) is 0 Å². The number of rotatable bonds is 1. The molecule has 0 saturated heterocycles. The Labute approximate surface area is 120 Å². The summed E-state index contributed by atoms with van der Waals surface area (Å²) in [6.45, 7) is 1.08. The molecule has 4 rings (SSSR count). The van der Waals surface area contributed by atoms with E-state index in [0.29, 0.717) is 41.4 Å². The molecule has 0 spiro atoms. The van der Waals surface area contributed by atoms with E-state index in [1.54, 1.807) is 12.1 Å². The van der Waals surface area contributed by atoms with E-state index in [0.717, 1.165) is 5.56 Å². The van der Waals surface area contributed by atoms with Crippen LogP contribution in [0, 0.1) is 0 Å². The van der Waals surface area contributed by atoms with Gasteiger partial charge in [0.25, 0.3) is 0 Å². The molecule has 3 aromatic rings. The fourth-order valence-corrected chi connectivity index (χ4v) is 2.44. The molecule has 104 valence electrons. The summed E-state index contributed by atoms with van der Waals surface area (Å²) < 4.78 is 16.9. The summed E-state index contributed by atoms with van der Waals surface area (Å²) >= 11 is 0. The molecule has 0 bridgehead atoms.